The Morgan fingerprint density at radius 2 is 2.16 bits per heavy atom. The van der Waals surface area contributed by atoms with Gasteiger partial charge in [-0.25, -0.2) is 14.8 Å². The molecule has 0 saturated heterocycles. The van der Waals surface area contributed by atoms with Crippen molar-refractivity contribution in [1.82, 2.24) is 9.97 Å². The van der Waals surface area contributed by atoms with Crippen molar-refractivity contribution in [2.45, 2.75) is 13.3 Å². The first-order valence-corrected chi connectivity index (χ1v) is 6.06. The zero-order valence-electron chi connectivity index (χ0n) is 10.6. The van der Waals surface area contributed by atoms with Gasteiger partial charge in [-0.2, -0.15) is 0 Å². The molecule has 100 valence electrons. The molecule has 0 fully saturated rings. The van der Waals surface area contributed by atoms with Crippen LogP contribution >= 0.6 is 0 Å². The van der Waals surface area contributed by atoms with E-state index in [0.717, 1.165) is 12.2 Å². The first kappa shape index (κ1) is 13.1. The number of anilines is 1. The highest BCUT2D eigenvalue weighted by molar-refractivity contribution is 5.86. The molecular weight excluding hydrogens is 246 g/mol. The third-order valence-electron chi connectivity index (χ3n) is 2.40. The predicted molar refractivity (Wildman–Crippen MR) is 68.9 cm³/mol. The van der Waals surface area contributed by atoms with Gasteiger partial charge in [0, 0.05) is 18.8 Å². The van der Waals surface area contributed by atoms with Gasteiger partial charge in [0.15, 0.2) is 0 Å². The maximum Gasteiger partial charge on any atom is 0.374 e. The van der Waals surface area contributed by atoms with E-state index < -0.39 is 5.97 Å². The fraction of sp³-hybridized carbons (Fsp3) is 0.308. The quantitative estimate of drug-likeness (QED) is 0.632. The van der Waals surface area contributed by atoms with Crippen LogP contribution in [0.25, 0.3) is 0 Å². The van der Waals surface area contributed by atoms with Crippen LogP contribution in [0.2, 0.25) is 0 Å². The van der Waals surface area contributed by atoms with E-state index in [4.69, 9.17) is 9.15 Å². The van der Waals surface area contributed by atoms with E-state index in [1.165, 1.54) is 0 Å². The molecule has 19 heavy (non-hydrogen) atoms. The van der Waals surface area contributed by atoms with Crippen LogP contribution in [0.5, 0.6) is 0 Å². The second kappa shape index (κ2) is 6.53. The molecule has 1 N–H and O–H groups in total. The third kappa shape index (κ3) is 3.80. The second-order valence-electron chi connectivity index (χ2n) is 3.75. The Morgan fingerprint density at radius 3 is 2.84 bits per heavy atom. The highest BCUT2D eigenvalue weighted by atomic mass is 16.5. The van der Waals surface area contributed by atoms with Crippen LogP contribution in [-0.4, -0.2) is 29.1 Å². The topological polar surface area (TPSA) is 77.2 Å². The van der Waals surface area contributed by atoms with Crippen LogP contribution < -0.4 is 5.32 Å². The van der Waals surface area contributed by atoms with Crippen LogP contribution in [0.15, 0.2) is 35.0 Å². The van der Waals surface area contributed by atoms with Crippen LogP contribution in [0.1, 0.15) is 23.2 Å². The summed E-state index contributed by atoms with van der Waals surface area (Å²) in [7, 11) is 0. The van der Waals surface area contributed by atoms with Gasteiger partial charge >= 0.3 is 5.97 Å². The molecule has 0 saturated carbocycles. The molecule has 2 rings (SSSR count). The van der Waals surface area contributed by atoms with Crippen LogP contribution in [0.4, 0.5) is 5.95 Å². The fourth-order valence-electron chi connectivity index (χ4n) is 1.45. The molecule has 6 heteroatoms. The van der Waals surface area contributed by atoms with Crippen LogP contribution in [-0.2, 0) is 11.2 Å². The molecule has 2 aromatic rings. The summed E-state index contributed by atoms with van der Waals surface area (Å²) >= 11 is 0. The van der Waals surface area contributed by atoms with Gasteiger partial charge in [0.1, 0.15) is 12.4 Å². The Labute approximate surface area is 110 Å². The monoisotopic (exact) mass is 261 g/mol. The van der Waals surface area contributed by atoms with Crippen molar-refractivity contribution in [1.29, 1.82) is 0 Å². The van der Waals surface area contributed by atoms with E-state index in [1.54, 1.807) is 30.6 Å². The molecule has 6 nitrogen and oxygen atoms in total. The van der Waals surface area contributed by atoms with Crippen molar-refractivity contribution in [3.8, 4) is 0 Å². The van der Waals surface area contributed by atoms with E-state index >= 15 is 0 Å². The molecule has 2 aromatic heterocycles. The third-order valence-corrected chi connectivity index (χ3v) is 2.40. The highest BCUT2D eigenvalue weighted by Crippen LogP contribution is 2.09. The van der Waals surface area contributed by atoms with Crippen LogP contribution in [0, 0.1) is 0 Å². The summed E-state index contributed by atoms with van der Waals surface area (Å²) in [5.74, 6) is 1.04. The SMILES string of the molecule is CCc1ccc(C(=O)OCCNc2ncccn2)o1. The van der Waals surface area contributed by atoms with Crippen molar-refractivity contribution in [3.63, 3.8) is 0 Å². The Morgan fingerprint density at radius 1 is 1.37 bits per heavy atom. The number of aromatic nitrogens is 2. The largest absolute Gasteiger partial charge is 0.458 e. The molecule has 0 radical (unpaired) electrons. The molecule has 0 aliphatic rings. The van der Waals surface area contributed by atoms with Crippen molar-refractivity contribution in [3.05, 3.63) is 42.1 Å². The normalized spacial score (nSPS) is 10.2. The number of hydrogen-bond donors (Lipinski definition) is 1. The summed E-state index contributed by atoms with van der Waals surface area (Å²) in [6, 6.07) is 5.12. The summed E-state index contributed by atoms with van der Waals surface area (Å²) < 4.78 is 10.3. The minimum Gasteiger partial charge on any atom is -0.458 e. The maximum absolute atomic E-state index is 11.6. The zero-order chi connectivity index (χ0) is 13.5. The van der Waals surface area contributed by atoms with Gasteiger partial charge in [0.2, 0.25) is 11.7 Å². The lowest BCUT2D eigenvalue weighted by molar-refractivity contribution is 0.0482. The van der Waals surface area contributed by atoms with Gasteiger partial charge in [-0.15, -0.1) is 0 Å². The number of aryl methyl sites for hydroxylation is 1. The van der Waals surface area contributed by atoms with Crippen molar-refractivity contribution in [2.24, 2.45) is 0 Å². The lowest BCUT2D eigenvalue weighted by atomic mass is 10.3. The Bertz CT molecular complexity index is 525. The van der Waals surface area contributed by atoms with Gasteiger partial charge in [-0.3, -0.25) is 0 Å². The molecule has 0 amide bonds. The summed E-state index contributed by atoms with van der Waals surface area (Å²) in [5, 5.41) is 2.94. The number of rotatable bonds is 6. The minimum atomic E-state index is -0.463. The van der Waals surface area contributed by atoms with Gasteiger partial charge in [0.25, 0.3) is 0 Å². The second-order valence-corrected chi connectivity index (χ2v) is 3.75. The van der Waals surface area contributed by atoms with E-state index in [1.807, 2.05) is 6.92 Å². The van der Waals surface area contributed by atoms with E-state index in [-0.39, 0.29) is 12.4 Å². The highest BCUT2D eigenvalue weighted by Gasteiger charge is 2.11. The summed E-state index contributed by atoms with van der Waals surface area (Å²) in [5.41, 5.74) is 0. The average Bonchev–Trinajstić information content (AvgIpc) is 2.93. The van der Waals surface area contributed by atoms with E-state index in [2.05, 4.69) is 15.3 Å². The first-order valence-electron chi connectivity index (χ1n) is 6.06. The van der Waals surface area contributed by atoms with Crippen molar-refractivity contribution in [2.75, 3.05) is 18.5 Å². The van der Waals surface area contributed by atoms with Gasteiger partial charge in [-0.1, -0.05) is 6.92 Å². The smallest absolute Gasteiger partial charge is 0.374 e. The number of esters is 1. The molecule has 0 bridgehead atoms. The lowest BCUT2D eigenvalue weighted by Crippen LogP contribution is -2.14. The fourth-order valence-corrected chi connectivity index (χ4v) is 1.45. The van der Waals surface area contributed by atoms with Gasteiger partial charge in [0.05, 0.1) is 6.54 Å². The molecule has 2 heterocycles. The number of carbonyl (C=O) groups excluding carboxylic acids is 1. The maximum atomic E-state index is 11.6. The molecule has 0 atom stereocenters. The summed E-state index contributed by atoms with van der Waals surface area (Å²) in [4.78, 5) is 19.6. The van der Waals surface area contributed by atoms with Gasteiger partial charge in [-0.05, 0) is 18.2 Å². The molecule has 0 aromatic carbocycles. The number of hydrogen-bond acceptors (Lipinski definition) is 6. The minimum absolute atomic E-state index is 0.221. The standard InChI is InChI=1S/C13H15N3O3/c1-2-10-4-5-11(19-10)12(17)18-9-8-16-13-14-6-3-7-15-13/h3-7H,2,8-9H2,1H3,(H,14,15,16). The van der Waals surface area contributed by atoms with E-state index in [9.17, 15) is 4.79 Å². The number of furan rings is 1. The number of carbonyl (C=O) groups is 1. The molecule has 0 aliphatic heterocycles. The van der Waals surface area contributed by atoms with Gasteiger partial charge < -0.3 is 14.5 Å². The van der Waals surface area contributed by atoms with Crippen molar-refractivity contribution >= 4 is 11.9 Å². The number of nitrogens with one attached hydrogen (secondary N) is 1. The Kier molecular flexibility index (Phi) is 4.49. The first-order chi connectivity index (χ1) is 9.29. The zero-order valence-corrected chi connectivity index (χ0v) is 10.6. The predicted octanol–water partition coefficient (Wildman–Crippen LogP) is 1.90. The molecule has 0 spiro atoms. The average molecular weight is 261 g/mol. The molecule has 0 unspecified atom stereocenters. The lowest BCUT2D eigenvalue weighted by Gasteiger charge is -2.04. The summed E-state index contributed by atoms with van der Waals surface area (Å²) in [6.07, 6.45) is 4.02. The summed E-state index contributed by atoms with van der Waals surface area (Å²) in [6.45, 7) is 2.62. The Balaban J connectivity index is 1.72. The number of nitrogens with zero attached hydrogens (tertiary/aromatic N) is 2. The molecular formula is C13H15N3O3. The Hall–Kier alpha value is -2.37. The van der Waals surface area contributed by atoms with Crippen LogP contribution in [0.3, 0.4) is 0 Å². The molecule has 0 aliphatic carbocycles. The van der Waals surface area contributed by atoms with Crippen molar-refractivity contribution < 1.29 is 13.9 Å². The number of ether oxygens (including phenoxy) is 1. The van der Waals surface area contributed by atoms with E-state index in [0.29, 0.717) is 12.5 Å².